The van der Waals surface area contributed by atoms with Crippen LogP contribution in [0.1, 0.15) is 90.1 Å². The molecule has 1 unspecified atom stereocenters. The van der Waals surface area contributed by atoms with Gasteiger partial charge in [0.25, 0.3) is 0 Å². The molecular weight excluding hydrogens is 678 g/mol. The first-order chi connectivity index (χ1) is 25.1. The first-order valence-electron chi connectivity index (χ1n) is 19.1. The highest BCUT2D eigenvalue weighted by molar-refractivity contribution is 5.91. The lowest BCUT2D eigenvalue weighted by Gasteiger charge is -2.41. The average molecular weight is 746 g/mol. The van der Waals surface area contributed by atoms with E-state index in [0.29, 0.717) is 31.5 Å². The van der Waals surface area contributed by atoms with Gasteiger partial charge in [-0.2, -0.15) is 0 Å². The van der Waals surface area contributed by atoms with Crippen molar-refractivity contribution in [2.45, 2.75) is 117 Å². The van der Waals surface area contributed by atoms with Crippen molar-refractivity contribution < 1.29 is 38.2 Å². The van der Waals surface area contributed by atoms with Gasteiger partial charge in [0.05, 0.1) is 55.3 Å². The Bertz CT molecular complexity index is 1360. The molecule has 0 spiro atoms. The zero-order valence-corrected chi connectivity index (χ0v) is 34.2. The number of amides is 4. The van der Waals surface area contributed by atoms with Gasteiger partial charge in [0, 0.05) is 34.4 Å². The lowest BCUT2D eigenvalue weighted by molar-refractivity contribution is -0.147. The molecule has 1 aromatic rings. The molecule has 1 aliphatic rings. The van der Waals surface area contributed by atoms with E-state index >= 15 is 0 Å². The van der Waals surface area contributed by atoms with E-state index in [1.165, 1.54) is 7.11 Å². The number of ether oxygens (including phenoxy) is 3. The number of carbonyl (C=O) groups is 5. The Morgan fingerprint density at radius 3 is 2.11 bits per heavy atom. The molecular formula is C40H67N5O8. The molecule has 4 amide bonds. The highest BCUT2D eigenvalue weighted by Gasteiger charge is 2.43. The molecule has 53 heavy (non-hydrogen) atoms. The number of methoxy groups -OCH3 is 3. The van der Waals surface area contributed by atoms with Crippen LogP contribution in [0.2, 0.25) is 0 Å². The minimum Gasteiger partial charge on any atom is -0.465 e. The zero-order chi connectivity index (χ0) is 40.0. The number of nitrogens with one attached hydrogen (secondary N) is 3. The van der Waals surface area contributed by atoms with Crippen LogP contribution in [0.5, 0.6) is 0 Å². The van der Waals surface area contributed by atoms with Crippen molar-refractivity contribution in [3.8, 4) is 0 Å². The fraction of sp³-hybridized carbons (Fsp3) is 0.725. The number of rotatable bonds is 21. The summed E-state index contributed by atoms with van der Waals surface area (Å²) < 4.78 is 16.8. The summed E-state index contributed by atoms with van der Waals surface area (Å²) in [6, 6.07) is 5.16. The quantitative estimate of drug-likeness (QED) is 0.161. The van der Waals surface area contributed by atoms with E-state index in [9.17, 15) is 24.0 Å². The predicted molar refractivity (Wildman–Crippen MR) is 205 cm³/mol. The maximum Gasteiger partial charge on any atom is 0.338 e. The van der Waals surface area contributed by atoms with Gasteiger partial charge in [0.15, 0.2) is 0 Å². The standard InChI is InChI=1S/C40H67N5O8/c1-13-26(6)35(44(9)39(49)34(25(4)5)43-38(48)33(41-8)24(2)3)31(51-10)23-32(46)45-22-16-19-30(45)36(52-11)27(7)37(47)42-21-20-28-17-14-15-18-29(28)40(50)53-12/h14-15,17-18,24-27,30-31,33-36,41H,13,16,19-23H2,1-12H3,(H,42,47)(H,43,48)/t26?,27-,30+,31-,33+,34+,35+,36-/m1/s1. The van der Waals surface area contributed by atoms with Crippen molar-refractivity contribution in [3.63, 3.8) is 0 Å². The van der Waals surface area contributed by atoms with E-state index in [2.05, 4.69) is 16.0 Å². The molecule has 2 rings (SSSR count). The molecule has 0 saturated carbocycles. The molecule has 0 aromatic heterocycles. The smallest absolute Gasteiger partial charge is 0.338 e. The van der Waals surface area contributed by atoms with Gasteiger partial charge >= 0.3 is 5.97 Å². The second kappa shape index (κ2) is 22.0. The molecule has 3 N–H and O–H groups in total. The van der Waals surface area contributed by atoms with E-state index in [4.69, 9.17) is 14.2 Å². The van der Waals surface area contributed by atoms with E-state index in [1.54, 1.807) is 57.2 Å². The molecule has 1 saturated heterocycles. The summed E-state index contributed by atoms with van der Waals surface area (Å²) in [6.07, 6.45) is 1.49. The zero-order valence-electron chi connectivity index (χ0n) is 34.2. The van der Waals surface area contributed by atoms with Crippen LogP contribution >= 0.6 is 0 Å². The van der Waals surface area contributed by atoms with E-state index in [1.807, 2.05) is 53.7 Å². The summed E-state index contributed by atoms with van der Waals surface area (Å²) in [4.78, 5) is 70.4. The Morgan fingerprint density at radius 1 is 0.925 bits per heavy atom. The molecule has 8 atom stereocenters. The number of likely N-dealkylation sites (tertiary alicyclic amines) is 1. The third-order valence-corrected chi connectivity index (χ3v) is 10.9. The third kappa shape index (κ3) is 12.0. The van der Waals surface area contributed by atoms with Gasteiger partial charge in [-0.25, -0.2) is 4.79 Å². The largest absolute Gasteiger partial charge is 0.465 e. The van der Waals surface area contributed by atoms with Crippen molar-refractivity contribution in [1.29, 1.82) is 0 Å². The molecule has 13 heteroatoms. The lowest BCUT2D eigenvalue weighted by Crippen LogP contribution is -2.59. The van der Waals surface area contributed by atoms with E-state index in [-0.39, 0.29) is 53.8 Å². The van der Waals surface area contributed by atoms with Crippen molar-refractivity contribution in [1.82, 2.24) is 25.8 Å². The highest BCUT2D eigenvalue weighted by Crippen LogP contribution is 2.29. The highest BCUT2D eigenvalue weighted by atomic mass is 16.5. The Hall–Kier alpha value is -3.55. The number of carbonyl (C=O) groups excluding carboxylic acids is 5. The maximum atomic E-state index is 14.1. The van der Waals surface area contributed by atoms with Gasteiger partial charge in [0.2, 0.25) is 23.6 Å². The SMILES string of the molecule is CCC(C)[C@@H]([C@@H](CC(=O)N1CCC[C@H]1[C@H](OC)[C@@H](C)C(=O)NCCc1ccccc1C(=O)OC)OC)N(C)C(=O)[C@@H](NC(=O)[C@@H](NC)C(C)C)C(C)C. The first-order valence-corrected chi connectivity index (χ1v) is 19.1. The number of nitrogens with zero attached hydrogens (tertiary/aromatic N) is 2. The van der Waals surface area contributed by atoms with Crippen LogP contribution in [0, 0.1) is 23.7 Å². The third-order valence-electron chi connectivity index (χ3n) is 10.9. The van der Waals surface area contributed by atoms with Crippen LogP contribution in [-0.2, 0) is 39.8 Å². The Morgan fingerprint density at radius 2 is 1.57 bits per heavy atom. The Balaban J connectivity index is 2.20. The second-order valence-electron chi connectivity index (χ2n) is 15.0. The van der Waals surface area contributed by atoms with Gasteiger partial charge in [-0.05, 0) is 55.7 Å². The minimum atomic E-state index is -0.762. The molecule has 300 valence electrons. The Labute approximate surface area is 317 Å². The summed E-state index contributed by atoms with van der Waals surface area (Å²) in [7, 11) is 7.91. The van der Waals surface area contributed by atoms with Gasteiger partial charge in [-0.1, -0.05) is 73.1 Å². The van der Waals surface area contributed by atoms with Gasteiger partial charge < -0.3 is 40.0 Å². The molecule has 1 aromatic carbocycles. The Kier molecular flexibility index (Phi) is 18.9. The molecule has 0 radical (unpaired) electrons. The molecule has 13 nitrogen and oxygen atoms in total. The molecule has 0 aliphatic carbocycles. The number of benzene rings is 1. The van der Waals surface area contributed by atoms with Gasteiger partial charge in [-0.3, -0.25) is 19.2 Å². The van der Waals surface area contributed by atoms with Crippen molar-refractivity contribution >= 4 is 29.6 Å². The van der Waals surface area contributed by atoms with Crippen LogP contribution < -0.4 is 16.0 Å². The number of esters is 1. The molecule has 1 heterocycles. The first kappa shape index (κ1) is 45.6. The monoisotopic (exact) mass is 745 g/mol. The summed E-state index contributed by atoms with van der Waals surface area (Å²) in [5.74, 6) is -1.97. The molecule has 1 aliphatic heterocycles. The van der Waals surface area contributed by atoms with Crippen molar-refractivity contribution in [2.24, 2.45) is 23.7 Å². The summed E-state index contributed by atoms with van der Waals surface area (Å²) in [5, 5.41) is 9.01. The van der Waals surface area contributed by atoms with Gasteiger partial charge in [0.1, 0.15) is 6.04 Å². The fourth-order valence-electron chi connectivity index (χ4n) is 7.58. The van der Waals surface area contributed by atoms with Crippen molar-refractivity contribution in [3.05, 3.63) is 35.4 Å². The lowest BCUT2D eigenvalue weighted by atomic mass is 9.89. The van der Waals surface area contributed by atoms with E-state index < -0.39 is 42.2 Å². The summed E-state index contributed by atoms with van der Waals surface area (Å²) in [5.41, 5.74) is 1.24. The second-order valence-corrected chi connectivity index (χ2v) is 15.0. The predicted octanol–water partition coefficient (Wildman–Crippen LogP) is 3.44. The number of likely N-dealkylation sites (N-methyl/N-ethyl adjacent to an activating group) is 2. The van der Waals surface area contributed by atoms with Crippen LogP contribution in [-0.4, -0.2) is 124 Å². The summed E-state index contributed by atoms with van der Waals surface area (Å²) >= 11 is 0. The number of hydrogen-bond donors (Lipinski definition) is 3. The average Bonchev–Trinajstić information content (AvgIpc) is 3.62. The summed E-state index contributed by atoms with van der Waals surface area (Å²) in [6.45, 7) is 14.4. The van der Waals surface area contributed by atoms with Crippen LogP contribution in [0.25, 0.3) is 0 Å². The molecule has 1 fully saturated rings. The normalized spacial score (nSPS) is 18.5. The number of hydrogen-bond acceptors (Lipinski definition) is 9. The molecule has 0 bridgehead atoms. The maximum absolute atomic E-state index is 14.1. The fourth-order valence-corrected chi connectivity index (χ4v) is 7.58. The van der Waals surface area contributed by atoms with Crippen molar-refractivity contribution in [2.75, 3.05) is 48.5 Å². The van der Waals surface area contributed by atoms with Crippen LogP contribution in [0.15, 0.2) is 24.3 Å². The van der Waals surface area contributed by atoms with Gasteiger partial charge in [-0.15, -0.1) is 0 Å². The van der Waals surface area contributed by atoms with E-state index in [0.717, 1.165) is 18.4 Å². The van der Waals surface area contributed by atoms with Crippen LogP contribution in [0.4, 0.5) is 0 Å². The van der Waals surface area contributed by atoms with Crippen LogP contribution in [0.3, 0.4) is 0 Å². The topological polar surface area (TPSA) is 156 Å². The minimum absolute atomic E-state index is 0.0182.